The molecule has 0 saturated heterocycles. The fourth-order valence-electron chi connectivity index (χ4n) is 2.06. The number of esters is 1. The molecule has 0 fully saturated rings. The van der Waals surface area contributed by atoms with Gasteiger partial charge in [0.05, 0.1) is 16.7 Å². The molecule has 0 saturated carbocycles. The number of hydrogen-bond donors (Lipinski definition) is 0. The van der Waals surface area contributed by atoms with Crippen molar-refractivity contribution in [3.05, 3.63) is 27.7 Å². The SMILES string of the molecule is CCOC(=O)C[C@H](C)CCc1c(OCOC)ccc(Cl)c1Cl. The van der Waals surface area contributed by atoms with E-state index in [1.165, 1.54) is 0 Å². The number of hydrogen-bond acceptors (Lipinski definition) is 4. The molecule has 0 spiro atoms. The lowest BCUT2D eigenvalue weighted by Crippen LogP contribution is -2.10. The molecule has 0 aliphatic carbocycles. The molecule has 1 atom stereocenters. The first kappa shape index (κ1) is 19.1. The Kier molecular flexibility index (Phi) is 8.61. The Labute approximate surface area is 141 Å². The molecule has 124 valence electrons. The summed E-state index contributed by atoms with van der Waals surface area (Å²) in [5.74, 6) is 0.659. The Morgan fingerprint density at radius 2 is 2.05 bits per heavy atom. The van der Waals surface area contributed by atoms with Gasteiger partial charge in [0.15, 0.2) is 6.79 Å². The molecule has 0 heterocycles. The van der Waals surface area contributed by atoms with E-state index < -0.39 is 0 Å². The summed E-state index contributed by atoms with van der Waals surface area (Å²) in [4.78, 5) is 11.5. The van der Waals surface area contributed by atoms with Crippen LogP contribution in [0.15, 0.2) is 12.1 Å². The smallest absolute Gasteiger partial charge is 0.306 e. The molecule has 0 unspecified atom stereocenters. The minimum atomic E-state index is -0.178. The first-order valence-electron chi connectivity index (χ1n) is 7.23. The van der Waals surface area contributed by atoms with Crippen molar-refractivity contribution in [1.82, 2.24) is 0 Å². The summed E-state index contributed by atoms with van der Waals surface area (Å²) in [5, 5.41) is 0.970. The third-order valence-electron chi connectivity index (χ3n) is 3.19. The van der Waals surface area contributed by atoms with Crippen molar-refractivity contribution >= 4 is 29.2 Å². The molecule has 1 aromatic carbocycles. The molecule has 1 aromatic rings. The lowest BCUT2D eigenvalue weighted by atomic mass is 9.98. The predicted octanol–water partition coefficient (Wildman–Crippen LogP) is 4.50. The van der Waals surface area contributed by atoms with E-state index in [9.17, 15) is 4.79 Å². The van der Waals surface area contributed by atoms with Crippen molar-refractivity contribution in [1.29, 1.82) is 0 Å². The Balaban J connectivity index is 2.70. The Hall–Kier alpha value is -0.970. The van der Waals surface area contributed by atoms with Gasteiger partial charge < -0.3 is 14.2 Å². The highest BCUT2D eigenvalue weighted by atomic mass is 35.5. The third-order valence-corrected chi connectivity index (χ3v) is 4.04. The summed E-state index contributed by atoms with van der Waals surface area (Å²) in [6.07, 6.45) is 1.83. The van der Waals surface area contributed by atoms with Crippen LogP contribution in [0.25, 0.3) is 0 Å². The molecule has 0 aliphatic rings. The van der Waals surface area contributed by atoms with Gasteiger partial charge in [-0.25, -0.2) is 0 Å². The van der Waals surface area contributed by atoms with E-state index in [0.29, 0.717) is 35.2 Å². The summed E-state index contributed by atoms with van der Waals surface area (Å²) < 4.78 is 15.4. The summed E-state index contributed by atoms with van der Waals surface area (Å²) in [5.41, 5.74) is 0.835. The second kappa shape index (κ2) is 9.93. The van der Waals surface area contributed by atoms with E-state index in [2.05, 4.69) is 0 Å². The molecule has 1 rings (SSSR count). The number of methoxy groups -OCH3 is 1. The predicted molar refractivity (Wildman–Crippen MR) is 87.7 cm³/mol. The van der Waals surface area contributed by atoms with E-state index >= 15 is 0 Å². The van der Waals surface area contributed by atoms with Gasteiger partial charge >= 0.3 is 5.97 Å². The van der Waals surface area contributed by atoms with E-state index in [1.807, 2.05) is 6.92 Å². The lowest BCUT2D eigenvalue weighted by molar-refractivity contribution is -0.144. The number of halogens is 2. The Bertz CT molecular complexity index is 491. The van der Waals surface area contributed by atoms with E-state index in [1.54, 1.807) is 26.2 Å². The second-order valence-electron chi connectivity index (χ2n) is 5.04. The lowest BCUT2D eigenvalue weighted by Gasteiger charge is -2.15. The first-order chi connectivity index (χ1) is 10.5. The van der Waals surface area contributed by atoms with Crippen LogP contribution in [0.5, 0.6) is 5.75 Å². The molecule has 0 N–H and O–H groups in total. The normalized spacial score (nSPS) is 12.0. The Morgan fingerprint density at radius 1 is 1.32 bits per heavy atom. The van der Waals surface area contributed by atoms with Gasteiger partial charge in [-0.05, 0) is 37.8 Å². The second-order valence-corrected chi connectivity index (χ2v) is 5.83. The van der Waals surface area contributed by atoms with Crippen LogP contribution in [0.3, 0.4) is 0 Å². The monoisotopic (exact) mass is 348 g/mol. The highest BCUT2D eigenvalue weighted by molar-refractivity contribution is 6.42. The highest BCUT2D eigenvalue weighted by Crippen LogP contribution is 2.34. The largest absolute Gasteiger partial charge is 0.467 e. The zero-order chi connectivity index (χ0) is 16.5. The van der Waals surface area contributed by atoms with Gasteiger partial charge in [0.25, 0.3) is 0 Å². The highest BCUT2D eigenvalue weighted by Gasteiger charge is 2.15. The number of carbonyl (C=O) groups is 1. The first-order valence-corrected chi connectivity index (χ1v) is 7.99. The van der Waals surface area contributed by atoms with Gasteiger partial charge in [0.1, 0.15) is 5.75 Å². The molecular formula is C16H22Cl2O4. The molecule has 6 heteroatoms. The quantitative estimate of drug-likeness (QED) is 0.486. The average molecular weight is 349 g/mol. The fourth-order valence-corrected chi connectivity index (χ4v) is 2.49. The fraction of sp³-hybridized carbons (Fsp3) is 0.562. The van der Waals surface area contributed by atoms with Gasteiger partial charge in [-0.1, -0.05) is 30.1 Å². The summed E-state index contributed by atoms with van der Waals surface area (Å²) in [6, 6.07) is 3.47. The van der Waals surface area contributed by atoms with Crippen LogP contribution < -0.4 is 4.74 Å². The molecule has 0 radical (unpaired) electrons. The van der Waals surface area contributed by atoms with Crippen molar-refractivity contribution in [3.8, 4) is 5.75 Å². The summed E-state index contributed by atoms with van der Waals surface area (Å²) in [7, 11) is 1.55. The summed E-state index contributed by atoms with van der Waals surface area (Å²) in [6.45, 7) is 4.35. The maximum Gasteiger partial charge on any atom is 0.306 e. The molecule has 22 heavy (non-hydrogen) atoms. The minimum Gasteiger partial charge on any atom is -0.467 e. The number of ether oxygens (including phenoxy) is 3. The molecule has 4 nitrogen and oxygen atoms in total. The van der Waals surface area contributed by atoms with Crippen LogP contribution in [-0.4, -0.2) is 26.5 Å². The number of rotatable bonds is 9. The molecular weight excluding hydrogens is 327 g/mol. The van der Waals surface area contributed by atoms with Crippen LogP contribution in [-0.2, 0) is 20.7 Å². The standard InChI is InChI=1S/C16H22Cl2O4/c1-4-21-15(19)9-11(2)5-6-12-14(22-10-20-3)8-7-13(17)16(12)18/h7-8,11H,4-6,9-10H2,1-3H3/t11-/m1/s1. The maximum absolute atomic E-state index is 11.5. The van der Waals surface area contributed by atoms with Crippen LogP contribution in [0.2, 0.25) is 10.0 Å². The van der Waals surface area contributed by atoms with Crippen molar-refractivity contribution < 1.29 is 19.0 Å². The van der Waals surface area contributed by atoms with Crippen LogP contribution in [0.4, 0.5) is 0 Å². The van der Waals surface area contributed by atoms with Gasteiger partial charge in [0.2, 0.25) is 0 Å². The third kappa shape index (κ3) is 6.03. The van der Waals surface area contributed by atoms with Crippen LogP contribution >= 0.6 is 23.2 Å². The van der Waals surface area contributed by atoms with Crippen LogP contribution in [0.1, 0.15) is 32.3 Å². The topological polar surface area (TPSA) is 44.8 Å². The molecule has 0 bridgehead atoms. The average Bonchev–Trinajstić information content (AvgIpc) is 2.47. The summed E-state index contributed by atoms with van der Waals surface area (Å²) >= 11 is 12.3. The zero-order valence-electron chi connectivity index (χ0n) is 13.2. The molecule has 0 amide bonds. The van der Waals surface area contributed by atoms with Gasteiger partial charge in [-0.15, -0.1) is 0 Å². The van der Waals surface area contributed by atoms with Crippen LogP contribution in [0, 0.1) is 5.92 Å². The van der Waals surface area contributed by atoms with Gasteiger partial charge in [-0.3, -0.25) is 4.79 Å². The van der Waals surface area contributed by atoms with Gasteiger partial charge in [0, 0.05) is 19.1 Å². The van der Waals surface area contributed by atoms with Crippen molar-refractivity contribution in [2.24, 2.45) is 5.92 Å². The maximum atomic E-state index is 11.5. The van der Waals surface area contributed by atoms with E-state index in [4.69, 9.17) is 37.4 Å². The van der Waals surface area contributed by atoms with Gasteiger partial charge in [-0.2, -0.15) is 0 Å². The molecule has 0 aliphatic heterocycles. The number of benzene rings is 1. The van der Waals surface area contributed by atoms with E-state index in [-0.39, 0.29) is 18.7 Å². The number of carbonyl (C=O) groups excluding carboxylic acids is 1. The minimum absolute atomic E-state index is 0.142. The van der Waals surface area contributed by atoms with Crippen molar-refractivity contribution in [3.63, 3.8) is 0 Å². The zero-order valence-corrected chi connectivity index (χ0v) is 14.7. The Morgan fingerprint density at radius 3 is 2.68 bits per heavy atom. The molecule has 0 aromatic heterocycles. The van der Waals surface area contributed by atoms with Crippen molar-refractivity contribution in [2.45, 2.75) is 33.1 Å². The van der Waals surface area contributed by atoms with E-state index in [0.717, 1.165) is 12.0 Å². The van der Waals surface area contributed by atoms with Crippen molar-refractivity contribution in [2.75, 3.05) is 20.5 Å².